The van der Waals surface area contributed by atoms with Crippen molar-refractivity contribution in [2.24, 2.45) is 0 Å². The van der Waals surface area contributed by atoms with Crippen molar-refractivity contribution in [3.8, 4) is 0 Å². The van der Waals surface area contributed by atoms with Gasteiger partial charge in [0.1, 0.15) is 6.61 Å². The summed E-state index contributed by atoms with van der Waals surface area (Å²) in [5.74, 6) is 0. The van der Waals surface area contributed by atoms with Crippen molar-refractivity contribution in [3.63, 3.8) is 0 Å². The molecule has 0 bridgehead atoms. The predicted octanol–water partition coefficient (Wildman–Crippen LogP) is 0.768. The number of hydrogen-bond donors (Lipinski definition) is 0. The zero-order chi connectivity index (χ0) is 5.28. The van der Waals surface area contributed by atoms with Gasteiger partial charge in [0, 0.05) is 0 Å². The Hall–Kier alpha value is -0.0800. The highest BCUT2D eigenvalue weighted by Gasteiger charge is 2.23. The number of rotatable bonds is 2. The molecule has 1 rings (SSSR count). The van der Waals surface area contributed by atoms with Crippen LogP contribution >= 0.6 is 0 Å². The second-order valence-electron chi connectivity index (χ2n) is 1.95. The van der Waals surface area contributed by atoms with E-state index in [1.807, 2.05) is 13.8 Å². The van der Waals surface area contributed by atoms with Gasteiger partial charge >= 0.3 is 0 Å². The largest absolute Gasteiger partial charge is 0.348 e. The summed E-state index contributed by atoms with van der Waals surface area (Å²) in [6.07, 6.45) is 0.437. The van der Waals surface area contributed by atoms with Crippen LogP contribution < -0.4 is 0 Å². The minimum absolute atomic E-state index is 0.125. The third-order valence-corrected chi connectivity index (χ3v) is 0.727. The highest BCUT2D eigenvalue weighted by Crippen LogP contribution is 2.11. The van der Waals surface area contributed by atoms with Crippen molar-refractivity contribution in [3.05, 3.63) is 0 Å². The lowest BCUT2D eigenvalue weighted by Gasteiger charge is -2.00. The van der Waals surface area contributed by atoms with E-state index in [9.17, 15) is 0 Å². The van der Waals surface area contributed by atoms with Crippen molar-refractivity contribution >= 4 is 0 Å². The molecular weight excluding hydrogens is 92.1 g/mol. The van der Waals surface area contributed by atoms with E-state index in [1.54, 1.807) is 0 Å². The van der Waals surface area contributed by atoms with Crippen molar-refractivity contribution in [2.75, 3.05) is 6.61 Å². The first-order valence-electron chi connectivity index (χ1n) is 2.56. The van der Waals surface area contributed by atoms with Crippen LogP contribution in [0.2, 0.25) is 0 Å². The molecule has 1 heterocycles. The first-order chi connectivity index (χ1) is 3.29. The van der Waals surface area contributed by atoms with E-state index in [-0.39, 0.29) is 6.29 Å². The molecule has 1 fully saturated rings. The van der Waals surface area contributed by atoms with Crippen molar-refractivity contribution in [1.82, 2.24) is 0 Å². The molecule has 1 saturated heterocycles. The molecule has 1 atom stereocenters. The molecule has 7 heavy (non-hydrogen) atoms. The van der Waals surface area contributed by atoms with E-state index in [0.717, 1.165) is 6.61 Å². The van der Waals surface area contributed by atoms with Crippen molar-refractivity contribution in [1.29, 1.82) is 0 Å². The first-order valence-corrected chi connectivity index (χ1v) is 2.56. The van der Waals surface area contributed by atoms with Crippen LogP contribution in [0.4, 0.5) is 0 Å². The van der Waals surface area contributed by atoms with Gasteiger partial charge in [0.15, 0.2) is 6.29 Å². The summed E-state index contributed by atoms with van der Waals surface area (Å²) in [5, 5.41) is 0. The van der Waals surface area contributed by atoms with Gasteiger partial charge in [-0.25, -0.2) is 0 Å². The highest BCUT2D eigenvalue weighted by atomic mass is 16.8. The Bertz CT molecular complexity index is 57.1. The molecular formula is C5H10O2. The molecule has 0 aromatic heterocycles. The standard InChI is InChI=1S/C5H10O2/c1-4(2)7-5-3-6-5/h4-5H,3H2,1-2H3/t5-/m1/s1. The monoisotopic (exact) mass is 102 g/mol. The predicted molar refractivity (Wildman–Crippen MR) is 26.0 cm³/mol. The fourth-order valence-electron chi connectivity index (χ4n) is 0.421. The molecule has 2 nitrogen and oxygen atoms in total. The van der Waals surface area contributed by atoms with Crippen LogP contribution in [0.1, 0.15) is 13.8 Å². The normalized spacial score (nSPS) is 28.7. The number of hydrogen-bond acceptors (Lipinski definition) is 2. The maximum absolute atomic E-state index is 5.14. The molecule has 1 aliphatic rings. The molecule has 0 aromatic carbocycles. The minimum Gasteiger partial charge on any atom is -0.348 e. The maximum atomic E-state index is 5.14. The van der Waals surface area contributed by atoms with Crippen LogP contribution in [0.5, 0.6) is 0 Å². The molecule has 0 saturated carbocycles. The van der Waals surface area contributed by atoms with Crippen LogP contribution in [0.25, 0.3) is 0 Å². The number of epoxide rings is 1. The van der Waals surface area contributed by atoms with Gasteiger partial charge < -0.3 is 9.47 Å². The van der Waals surface area contributed by atoms with Gasteiger partial charge in [-0.1, -0.05) is 0 Å². The molecule has 1 aliphatic heterocycles. The molecule has 0 spiro atoms. The van der Waals surface area contributed by atoms with E-state index in [1.165, 1.54) is 0 Å². The van der Waals surface area contributed by atoms with Crippen molar-refractivity contribution in [2.45, 2.75) is 26.2 Å². The molecule has 0 aromatic rings. The zero-order valence-corrected chi connectivity index (χ0v) is 4.68. The zero-order valence-electron chi connectivity index (χ0n) is 4.68. The second-order valence-corrected chi connectivity index (χ2v) is 1.95. The van der Waals surface area contributed by atoms with Gasteiger partial charge in [0.25, 0.3) is 0 Å². The van der Waals surface area contributed by atoms with E-state index in [2.05, 4.69) is 0 Å². The quantitative estimate of drug-likeness (QED) is 0.480. The van der Waals surface area contributed by atoms with Gasteiger partial charge in [-0.15, -0.1) is 0 Å². The van der Waals surface area contributed by atoms with Gasteiger partial charge in [0.05, 0.1) is 6.10 Å². The Morgan fingerprint density at radius 1 is 1.71 bits per heavy atom. The van der Waals surface area contributed by atoms with Crippen LogP contribution in [0.15, 0.2) is 0 Å². The molecule has 2 heteroatoms. The average molecular weight is 102 g/mol. The molecule has 0 amide bonds. The summed E-state index contributed by atoms with van der Waals surface area (Å²) >= 11 is 0. The Labute approximate surface area is 43.4 Å². The summed E-state index contributed by atoms with van der Waals surface area (Å²) < 4.78 is 9.94. The Kier molecular flexibility index (Phi) is 1.30. The summed E-state index contributed by atoms with van der Waals surface area (Å²) in [6.45, 7) is 4.79. The third-order valence-electron chi connectivity index (χ3n) is 0.727. The smallest absolute Gasteiger partial charge is 0.181 e. The van der Waals surface area contributed by atoms with Crippen LogP contribution in [-0.2, 0) is 9.47 Å². The first kappa shape index (κ1) is 5.06. The minimum atomic E-state index is 0.125. The lowest BCUT2D eigenvalue weighted by atomic mass is 10.5. The summed E-state index contributed by atoms with van der Waals surface area (Å²) in [4.78, 5) is 0. The molecule has 0 radical (unpaired) electrons. The lowest BCUT2D eigenvalue weighted by molar-refractivity contribution is 0.00820. The van der Waals surface area contributed by atoms with Crippen LogP contribution in [-0.4, -0.2) is 19.0 Å². The highest BCUT2D eigenvalue weighted by molar-refractivity contribution is 4.56. The van der Waals surface area contributed by atoms with E-state index in [4.69, 9.17) is 9.47 Å². The Morgan fingerprint density at radius 2 is 2.29 bits per heavy atom. The third kappa shape index (κ3) is 1.90. The summed E-state index contributed by atoms with van der Waals surface area (Å²) in [6, 6.07) is 0. The van der Waals surface area contributed by atoms with Crippen molar-refractivity contribution < 1.29 is 9.47 Å². The lowest BCUT2D eigenvalue weighted by Crippen LogP contribution is -2.04. The van der Waals surface area contributed by atoms with Gasteiger partial charge in [-0.3, -0.25) is 0 Å². The van der Waals surface area contributed by atoms with Crippen LogP contribution in [0, 0.1) is 0 Å². The Morgan fingerprint density at radius 3 is 2.43 bits per heavy atom. The Balaban J connectivity index is 1.97. The van der Waals surface area contributed by atoms with Gasteiger partial charge in [-0.2, -0.15) is 0 Å². The van der Waals surface area contributed by atoms with E-state index < -0.39 is 0 Å². The summed E-state index contributed by atoms with van der Waals surface area (Å²) in [7, 11) is 0. The maximum Gasteiger partial charge on any atom is 0.181 e. The average Bonchev–Trinajstić information content (AvgIpc) is 2.17. The van der Waals surface area contributed by atoms with E-state index in [0.29, 0.717) is 6.10 Å². The molecule has 42 valence electrons. The SMILES string of the molecule is CC(C)O[C@@H]1CO1. The summed E-state index contributed by atoms with van der Waals surface area (Å²) in [5.41, 5.74) is 0. The number of ether oxygens (including phenoxy) is 2. The molecule has 0 unspecified atom stereocenters. The fourth-order valence-corrected chi connectivity index (χ4v) is 0.421. The van der Waals surface area contributed by atoms with Gasteiger partial charge in [-0.05, 0) is 13.8 Å². The topological polar surface area (TPSA) is 21.8 Å². The fraction of sp³-hybridized carbons (Fsp3) is 1.00. The second kappa shape index (κ2) is 1.80. The molecule has 0 aliphatic carbocycles. The molecule has 0 N–H and O–H groups in total. The van der Waals surface area contributed by atoms with E-state index >= 15 is 0 Å². The van der Waals surface area contributed by atoms with Gasteiger partial charge in [0.2, 0.25) is 0 Å². The van der Waals surface area contributed by atoms with Crippen LogP contribution in [0.3, 0.4) is 0 Å².